The Hall–Kier alpha value is -2.39. The number of thiazole rings is 2. The third-order valence-corrected chi connectivity index (χ3v) is 4.88. The first-order valence-electron chi connectivity index (χ1n) is 6.09. The fourth-order valence-corrected chi connectivity index (χ4v) is 3.68. The van der Waals surface area contributed by atoms with E-state index in [1.807, 2.05) is 13.2 Å². The standard InChI is InChI=1S/C12H9N7S2/c1-13-12-18-11-10(21-12)17-9(20-11)7-4-16-8(5-15-7)19-3-2-14-6-19/h2-6H,1H3,(H,13,18). The van der Waals surface area contributed by atoms with Crippen LogP contribution in [0.15, 0.2) is 31.1 Å². The predicted molar refractivity (Wildman–Crippen MR) is 83.0 cm³/mol. The number of imidazole rings is 1. The Bertz CT molecular complexity index is 845. The van der Waals surface area contributed by atoms with E-state index >= 15 is 0 Å². The number of hydrogen-bond donors (Lipinski definition) is 1. The number of hydrogen-bond acceptors (Lipinski definition) is 8. The molecule has 104 valence electrons. The maximum Gasteiger partial charge on any atom is 0.185 e. The highest BCUT2D eigenvalue weighted by atomic mass is 32.1. The molecule has 4 aromatic heterocycles. The van der Waals surface area contributed by atoms with E-state index in [0.29, 0.717) is 0 Å². The third-order valence-electron chi connectivity index (χ3n) is 2.82. The number of fused-ring (bicyclic) bond motifs is 1. The van der Waals surface area contributed by atoms with Gasteiger partial charge in [-0.05, 0) is 0 Å². The second kappa shape index (κ2) is 4.86. The normalized spacial score (nSPS) is 11.1. The molecule has 4 aromatic rings. The Morgan fingerprint density at radius 1 is 1.10 bits per heavy atom. The molecule has 1 N–H and O–H groups in total. The van der Waals surface area contributed by atoms with E-state index in [1.54, 1.807) is 29.5 Å². The van der Waals surface area contributed by atoms with Crippen LogP contribution >= 0.6 is 22.7 Å². The van der Waals surface area contributed by atoms with E-state index in [-0.39, 0.29) is 0 Å². The summed E-state index contributed by atoms with van der Waals surface area (Å²) in [5.41, 5.74) is 0.750. The molecule has 0 saturated carbocycles. The first-order valence-corrected chi connectivity index (χ1v) is 7.72. The van der Waals surface area contributed by atoms with E-state index in [1.165, 1.54) is 22.7 Å². The van der Waals surface area contributed by atoms with Crippen molar-refractivity contribution in [3.05, 3.63) is 31.1 Å². The number of nitrogens with zero attached hydrogens (tertiary/aromatic N) is 6. The molecule has 4 rings (SSSR count). The molecule has 0 aromatic carbocycles. The highest BCUT2D eigenvalue weighted by Gasteiger charge is 2.12. The highest BCUT2D eigenvalue weighted by Crippen LogP contribution is 2.33. The first kappa shape index (κ1) is 12.4. The highest BCUT2D eigenvalue weighted by molar-refractivity contribution is 7.29. The number of nitrogens with one attached hydrogen (secondary N) is 1. The topological polar surface area (TPSA) is 81.4 Å². The van der Waals surface area contributed by atoms with Crippen LogP contribution in [0.1, 0.15) is 0 Å². The van der Waals surface area contributed by atoms with E-state index in [9.17, 15) is 0 Å². The van der Waals surface area contributed by atoms with Crippen LogP contribution < -0.4 is 5.32 Å². The SMILES string of the molecule is CNc1nc2sc(-c3cnc(-n4ccnc4)cn3)nc2s1. The van der Waals surface area contributed by atoms with Crippen LogP contribution in [0.4, 0.5) is 5.13 Å². The molecular formula is C12H9N7S2. The van der Waals surface area contributed by atoms with Gasteiger partial charge >= 0.3 is 0 Å². The van der Waals surface area contributed by atoms with Gasteiger partial charge in [-0.15, -0.1) is 0 Å². The van der Waals surface area contributed by atoms with Crippen LogP contribution in [-0.4, -0.2) is 36.5 Å². The van der Waals surface area contributed by atoms with Gasteiger partial charge in [0, 0.05) is 19.4 Å². The van der Waals surface area contributed by atoms with Crippen molar-refractivity contribution in [2.75, 3.05) is 12.4 Å². The molecule has 7 nitrogen and oxygen atoms in total. The monoisotopic (exact) mass is 315 g/mol. The van der Waals surface area contributed by atoms with Crippen LogP contribution in [-0.2, 0) is 0 Å². The molecule has 0 saturated heterocycles. The molecular weight excluding hydrogens is 306 g/mol. The zero-order chi connectivity index (χ0) is 14.2. The summed E-state index contributed by atoms with van der Waals surface area (Å²) in [6.45, 7) is 0. The van der Waals surface area contributed by atoms with Gasteiger partial charge < -0.3 is 5.32 Å². The summed E-state index contributed by atoms with van der Waals surface area (Å²) < 4.78 is 1.80. The van der Waals surface area contributed by atoms with Crippen molar-refractivity contribution in [3.63, 3.8) is 0 Å². The van der Waals surface area contributed by atoms with Gasteiger partial charge in [0.2, 0.25) is 0 Å². The predicted octanol–water partition coefficient (Wildman–Crippen LogP) is 2.44. The van der Waals surface area contributed by atoms with Crippen molar-refractivity contribution in [2.24, 2.45) is 0 Å². The molecule has 21 heavy (non-hydrogen) atoms. The molecule has 0 radical (unpaired) electrons. The molecule has 0 unspecified atom stereocenters. The quantitative estimate of drug-likeness (QED) is 0.625. The number of rotatable bonds is 3. The minimum Gasteiger partial charge on any atom is -0.364 e. The maximum absolute atomic E-state index is 4.56. The van der Waals surface area contributed by atoms with Gasteiger partial charge in [0.25, 0.3) is 0 Å². The Labute approximate surface area is 127 Å². The molecule has 0 atom stereocenters. The molecule has 4 heterocycles. The van der Waals surface area contributed by atoms with Crippen LogP contribution in [0, 0.1) is 0 Å². The largest absolute Gasteiger partial charge is 0.364 e. The summed E-state index contributed by atoms with van der Waals surface area (Å²) in [6.07, 6.45) is 8.64. The maximum atomic E-state index is 4.56. The van der Waals surface area contributed by atoms with Crippen molar-refractivity contribution in [1.82, 2.24) is 29.5 Å². The lowest BCUT2D eigenvalue weighted by Crippen LogP contribution is -1.96. The van der Waals surface area contributed by atoms with Crippen LogP contribution in [0.5, 0.6) is 0 Å². The second-order valence-electron chi connectivity index (χ2n) is 4.13. The van der Waals surface area contributed by atoms with E-state index in [0.717, 1.165) is 31.3 Å². The van der Waals surface area contributed by atoms with Gasteiger partial charge in [0.1, 0.15) is 17.0 Å². The van der Waals surface area contributed by atoms with Gasteiger partial charge in [-0.3, -0.25) is 4.57 Å². The van der Waals surface area contributed by atoms with Crippen molar-refractivity contribution in [1.29, 1.82) is 0 Å². The number of aromatic nitrogens is 6. The van der Waals surface area contributed by atoms with Gasteiger partial charge in [-0.25, -0.2) is 24.9 Å². The summed E-state index contributed by atoms with van der Waals surface area (Å²) in [5.74, 6) is 0.727. The summed E-state index contributed by atoms with van der Waals surface area (Å²) in [5, 5.41) is 4.72. The minimum absolute atomic E-state index is 0.727. The van der Waals surface area contributed by atoms with Gasteiger partial charge in [0.15, 0.2) is 20.6 Å². The van der Waals surface area contributed by atoms with E-state index < -0.39 is 0 Å². The molecule has 0 amide bonds. The lowest BCUT2D eigenvalue weighted by Gasteiger charge is -2.00. The zero-order valence-corrected chi connectivity index (χ0v) is 12.5. The average molecular weight is 315 g/mol. The van der Waals surface area contributed by atoms with Crippen molar-refractivity contribution in [2.45, 2.75) is 0 Å². The Morgan fingerprint density at radius 3 is 2.67 bits per heavy atom. The lowest BCUT2D eigenvalue weighted by atomic mass is 10.4. The fraction of sp³-hybridized carbons (Fsp3) is 0.0833. The minimum atomic E-state index is 0.727. The molecule has 0 fully saturated rings. The number of anilines is 1. The fourth-order valence-electron chi connectivity index (χ4n) is 1.82. The summed E-state index contributed by atoms with van der Waals surface area (Å²) >= 11 is 3.05. The molecule has 0 aliphatic rings. The second-order valence-corrected chi connectivity index (χ2v) is 6.08. The third kappa shape index (κ3) is 2.16. The molecule has 0 aliphatic carbocycles. The summed E-state index contributed by atoms with van der Waals surface area (Å²) in [7, 11) is 1.85. The molecule has 0 bridgehead atoms. The van der Waals surface area contributed by atoms with E-state index in [4.69, 9.17) is 0 Å². The van der Waals surface area contributed by atoms with Gasteiger partial charge in [-0.2, -0.15) is 0 Å². The smallest absolute Gasteiger partial charge is 0.185 e. The zero-order valence-electron chi connectivity index (χ0n) is 10.9. The summed E-state index contributed by atoms with van der Waals surface area (Å²) in [6, 6.07) is 0. The first-order chi connectivity index (χ1) is 10.3. The van der Waals surface area contributed by atoms with Gasteiger partial charge in [0.05, 0.1) is 12.4 Å². The van der Waals surface area contributed by atoms with Crippen molar-refractivity contribution < 1.29 is 0 Å². The van der Waals surface area contributed by atoms with Crippen LogP contribution in [0.25, 0.3) is 26.2 Å². The molecule has 0 aliphatic heterocycles. The van der Waals surface area contributed by atoms with Crippen molar-refractivity contribution in [3.8, 4) is 16.5 Å². The van der Waals surface area contributed by atoms with Crippen LogP contribution in [0.3, 0.4) is 0 Å². The lowest BCUT2D eigenvalue weighted by molar-refractivity contribution is 0.972. The average Bonchev–Trinajstić information content (AvgIpc) is 3.22. The molecule has 9 heteroatoms. The Kier molecular flexibility index (Phi) is 2.86. The Morgan fingerprint density at radius 2 is 2.00 bits per heavy atom. The summed E-state index contributed by atoms with van der Waals surface area (Å²) in [4.78, 5) is 23.6. The molecule has 0 spiro atoms. The van der Waals surface area contributed by atoms with Crippen LogP contribution in [0.2, 0.25) is 0 Å². The van der Waals surface area contributed by atoms with Crippen molar-refractivity contribution >= 4 is 37.5 Å². The Balaban J connectivity index is 1.69. The van der Waals surface area contributed by atoms with Gasteiger partial charge in [-0.1, -0.05) is 22.7 Å². The van der Waals surface area contributed by atoms with E-state index in [2.05, 4.69) is 30.2 Å².